The largest absolute Gasteiger partial charge is 0.489 e. The molecule has 0 radical (unpaired) electrons. The monoisotopic (exact) mass is 446 g/mol. The predicted molar refractivity (Wildman–Crippen MR) is 122 cm³/mol. The topological polar surface area (TPSA) is 88.4 Å². The van der Waals surface area contributed by atoms with E-state index in [1.165, 1.54) is 19.3 Å². The molecule has 0 saturated carbocycles. The summed E-state index contributed by atoms with van der Waals surface area (Å²) in [4.78, 5) is 24.4. The number of halogens is 1. The quantitative estimate of drug-likeness (QED) is 0.304. The molecule has 1 N–H and O–H groups in total. The number of amides is 1. The van der Waals surface area contributed by atoms with Gasteiger partial charge in [0.15, 0.2) is 0 Å². The Morgan fingerprint density at radius 2 is 1.72 bits per heavy atom. The van der Waals surface area contributed by atoms with Crippen molar-refractivity contribution >= 4 is 35.2 Å². The number of ether oxygens (including phenoxy) is 2. The van der Waals surface area contributed by atoms with E-state index < -0.39 is 11.9 Å². The van der Waals surface area contributed by atoms with Gasteiger partial charge < -0.3 is 14.8 Å². The van der Waals surface area contributed by atoms with Gasteiger partial charge in [-0.25, -0.2) is 4.79 Å². The summed E-state index contributed by atoms with van der Waals surface area (Å²) in [6.45, 7) is 0.320. The zero-order valence-electron chi connectivity index (χ0n) is 17.2. The van der Waals surface area contributed by atoms with Gasteiger partial charge in [-0.3, -0.25) is 4.79 Å². The maximum Gasteiger partial charge on any atom is 0.339 e. The second kappa shape index (κ2) is 10.8. The summed E-state index contributed by atoms with van der Waals surface area (Å²) >= 11 is 6.13. The number of benzene rings is 3. The Hall–Kier alpha value is -4.08. The van der Waals surface area contributed by atoms with Gasteiger partial charge in [0.05, 0.1) is 18.4 Å². The number of hydrogen-bond donors (Lipinski definition) is 1. The summed E-state index contributed by atoms with van der Waals surface area (Å²) in [6.07, 6.45) is 1.45. The molecule has 0 atom stereocenters. The molecule has 32 heavy (non-hydrogen) atoms. The number of nitriles is 1. The minimum Gasteiger partial charge on any atom is -0.489 e. The number of methoxy groups -OCH3 is 1. The van der Waals surface area contributed by atoms with E-state index in [2.05, 4.69) is 5.32 Å². The third kappa shape index (κ3) is 5.75. The molecule has 3 rings (SSSR count). The van der Waals surface area contributed by atoms with E-state index in [9.17, 15) is 14.9 Å². The number of nitrogens with one attached hydrogen (secondary N) is 1. The first-order chi connectivity index (χ1) is 15.5. The van der Waals surface area contributed by atoms with Gasteiger partial charge in [-0.05, 0) is 42.0 Å². The lowest BCUT2D eigenvalue weighted by Gasteiger charge is -2.09. The van der Waals surface area contributed by atoms with Crippen molar-refractivity contribution in [2.75, 3.05) is 12.4 Å². The van der Waals surface area contributed by atoms with Crippen LogP contribution in [0.5, 0.6) is 5.75 Å². The van der Waals surface area contributed by atoms with Crippen LogP contribution in [0, 0.1) is 11.3 Å². The van der Waals surface area contributed by atoms with Crippen LogP contribution in [0.25, 0.3) is 6.08 Å². The van der Waals surface area contributed by atoms with Crippen molar-refractivity contribution in [1.29, 1.82) is 5.26 Å². The van der Waals surface area contributed by atoms with Crippen LogP contribution >= 0.6 is 11.6 Å². The molecule has 0 aliphatic rings. The number of rotatable bonds is 7. The van der Waals surface area contributed by atoms with Crippen LogP contribution in [0.3, 0.4) is 0 Å². The van der Waals surface area contributed by atoms with Gasteiger partial charge >= 0.3 is 5.97 Å². The Kier molecular flexibility index (Phi) is 7.63. The molecule has 160 valence electrons. The van der Waals surface area contributed by atoms with E-state index >= 15 is 0 Å². The van der Waals surface area contributed by atoms with Crippen LogP contribution < -0.4 is 10.1 Å². The summed E-state index contributed by atoms with van der Waals surface area (Å²) in [5.74, 6) is -0.601. The zero-order chi connectivity index (χ0) is 22.9. The molecule has 0 aliphatic heterocycles. The van der Waals surface area contributed by atoms with Gasteiger partial charge in [0.2, 0.25) is 0 Å². The summed E-state index contributed by atoms with van der Waals surface area (Å²) < 4.78 is 10.5. The Labute approximate surface area is 190 Å². The Bertz CT molecular complexity index is 1200. The molecule has 0 heterocycles. The molecule has 1 amide bonds. The number of anilines is 1. The fraction of sp³-hybridized carbons (Fsp3) is 0.0800. The molecular weight excluding hydrogens is 428 g/mol. The van der Waals surface area contributed by atoms with Crippen LogP contribution in [0.2, 0.25) is 5.02 Å². The summed E-state index contributed by atoms with van der Waals surface area (Å²) in [5.41, 5.74) is 1.85. The first kappa shape index (κ1) is 22.6. The molecule has 0 saturated heterocycles. The van der Waals surface area contributed by atoms with Gasteiger partial charge in [-0.2, -0.15) is 5.26 Å². The van der Waals surface area contributed by atoms with Crippen LogP contribution in [0.1, 0.15) is 21.5 Å². The average Bonchev–Trinajstić information content (AvgIpc) is 2.82. The van der Waals surface area contributed by atoms with Crippen LogP contribution in [-0.2, 0) is 16.1 Å². The van der Waals surface area contributed by atoms with Gasteiger partial charge in [-0.15, -0.1) is 0 Å². The smallest absolute Gasteiger partial charge is 0.339 e. The number of nitrogens with zero attached hydrogens (tertiary/aromatic N) is 1. The van der Waals surface area contributed by atoms with Gasteiger partial charge in [0.1, 0.15) is 24.0 Å². The van der Waals surface area contributed by atoms with E-state index in [1.807, 2.05) is 24.3 Å². The van der Waals surface area contributed by atoms with Crippen molar-refractivity contribution < 1.29 is 19.1 Å². The summed E-state index contributed by atoms with van der Waals surface area (Å²) in [7, 11) is 1.25. The zero-order valence-corrected chi connectivity index (χ0v) is 17.9. The highest BCUT2D eigenvalue weighted by Gasteiger charge is 2.15. The molecule has 0 fully saturated rings. The molecule has 3 aromatic carbocycles. The van der Waals surface area contributed by atoms with Gasteiger partial charge in [0.25, 0.3) is 5.91 Å². The fourth-order valence-electron chi connectivity index (χ4n) is 2.82. The molecular formula is C25H19ClN2O4. The number of para-hydroxylation sites is 1. The fourth-order valence-corrected chi connectivity index (χ4v) is 3.01. The second-order valence-electron chi connectivity index (χ2n) is 6.61. The van der Waals surface area contributed by atoms with Crippen LogP contribution in [0.15, 0.2) is 78.4 Å². The van der Waals surface area contributed by atoms with E-state index in [-0.39, 0.29) is 16.8 Å². The predicted octanol–water partition coefficient (Wildman–Crippen LogP) is 5.25. The number of hydrogen-bond acceptors (Lipinski definition) is 5. The van der Waals surface area contributed by atoms with Crippen molar-refractivity contribution in [2.24, 2.45) is 0 Å². The maximum absolute atomic E-state index is 12.6. The van der Waals surface area contributed by atoms with E-state index in [0.29, 0.717) is 22.9 Å². The lowest BCUT2D eigenvalue weighted by atomic mass is 10.1. The normalized spacial score (nSPS) is 10.7. The average molecular weight is 447 g/mol. The molecule has 6 nitrogen and oxygen atoms in total. The SMILES string of the molecule is COC(=O)c1ccccc1NC(=O)/C(C#N)=C\c1ccc(OCc2ccccc2Cl)cc1. The minimum atomic E-state index is -0.636. The lowest BCUT2D eigenvalue weighted by molar-refractivity contribution is -0.112. The van der Waals surface area contributed by atoms with E-state index in [1.54, 1.807) is 48.5 Å². The van der Waals surface area contributed by atoms with Crippen LogP contribution in [-0.4, -0.2) is 19.0 Å². The highest BCUT2D eigenvalue weighted by Crippen LogP contribution is 2.21. The Balaban J connectivity index is 1.70. The maximum atomic E-state index is 12.6. The van der Waals surface area contributed by atoms with Gasteiger partial charge in [-0.1, -0.05) is 54.1 Å². The highest BCUT2D eigenvalue weighted by molar-refractivity contribution is 6.31. The first-order valence-corrected chi connectivity index (χ1v) is 9.96. The minimum absolute atomic E-state index is 0.116. The number of esters is 1. The Morgan fingerprint density at radius 1 is 1.03 bits per heavy atom. The molecule has 0 aliphatic carbocycles. The van der Waals surface area contributed by atoms with Crippen molar-refractivity contribution in [3.8, 4) is 11.8 Å². The molecule has 3 aromatic rings. The number of carbonyl (C=O) groups is 2. The number of carbonyl (C=O) groups excluding carboxylic acids is 2. The van der Waals surface area contributed by atoms with Crippen molar-refractivity contribution in [1.82, 2.24) is 0 Å². The standard InChI is InChI=1S/C25H19ClN2O4/c1-31-25(30)21-7-3-5-9-23(21)28-24(29)19(15-27)14-17-10-12-20(13-11-17)32-16-18-6-2-4-8-22(18)26/h2-14H,16H2,1H3,(H,28,29)/b19-14-. The van der Waals surface area contributed by atoms with Crippen molar-refractivity contribution in [2.45, 2.75) is 6.61 Å². The van der Waals surface area contributed by atoms with Gasteiger partial charge in [0, 0.05) is 10.6 Å². The molecule has 0 spiro atoms. The van der Waals surface area contributed by atoms with E-state index in [4.69, 9.17) is 21.1 Å². The van der Waals surface area contributed by atoms with Crippen LogP contribution in [0.4, 0.5) is 5.69 Å². The lowest BCUT2D eigenvalue weighted by Crippen LogP contribution is -2.16. The molecule has 0 unspecified atom stereocenters. The first-order valence-electron chi connectivity index (χ1n) is 9.58. The third-order valence-corrected chi connectivity index (χ3v) is 4.86. The summed E-state index contributed by atoms with van der Waals surface area (Å²) in [5, 5.41) is 12.7. The van der Waals surface area contributed by atoms with Crippen molar-refractivity contribution in [3.05, 3.63) is 100 Å². The van der Waals surface area contributed by atoms with Crippen molar-refractivity contribution in [3.63, 3.8) is 0 Å². The molecule has 0 aromatic heterocycles. The third-order valence-electron chi connectivity index (χ3n) is 4.49. The molecule has 0 bridgehead atoms. The molecule has 7 heteroatoms. The second-order valence-corrected chi connectivity index (χ2v) is 7.02. The highest BCUT2D eigenvalue weighted by atomic mass is 35.5. The van der Waals surface area contributed by atoms with E-state index in [0.717, 1.165) is 5.56 Å². The summed E-state index contributed by atoms with van der Waals surface area (Å²) in [6, 6.07) is 22.6. The Morgan fingerprint density at radius 3 is 2.41 bits per heavy atom.